The van der Waals surface area contributed by atoms with E-state index in [2.05, 4.69) is 21.2 Å². The number of hydrogen-bond donors (Lipinski definition) is 1. The van der Waals surface area contributed by atoms with E-state index >= 15 is 0 Å². The Kier molecular flexibility index (Phi) is 5.14. The number of carbonyl (C=O) groups is 1. The summed E-state index contributed by atoms with van der Waals surface area (Å²) in [6, 6.07) is 13.1. The lowest BCUT2D eigenvalue weighted by Gasteiger charge is -2.29. The summed E-state index contributed by atoms with van der Waals surface area (Å²) in [7, 11) is 1.63. The molecule has 2 aliphatic rings. The van der Waals surface area contributed by atoms with Gasteiger partial charge in [-0.25, -0.2) is 9.97 Å². The average molecular weight is 523 g/mol. The Labute approximate surface area is 204 Å². The second kappa shape index (κ2) is 8.21. The van der Waals surface area contributed by atoms with Crippen molar-refractivity contribution in [2.75, 3.05) is 25.6 Å². The highest BCUT2D eigenvalue weighted by atomic mass is 79.9. The van der Waals surface area contributed by atoms with Gasteiger partial charge in [-0.1, -0.05) is 6.07 Å². The lowest BCUT2D eigenvalue weighted by atomic mass is 10.2. The smallest absolute Gasteiger partial charge is 0.245 e. The van der Waals surface area contributed by atoms with Crippen molar-refractivity contribution in [2.24, 2.45) is 0 Å². The van der Waals surface area contributed by atoms with Crippen LogP contribution < -0.4 is 10.1 Å². The monoisotopic (exact) mass is 522 g/mol. The summed E-state index contributed by atoms with van der Waals surface area (Å²) < 4.78 is 13.4. The van der Waals surface area contributed by atoms with Crippen LogP contribution in [0.1, 0.15) is 13.3 Å². The van der Waals surface area contributed by atoms with Crippen LogP contribution in [0.3, 0.4) is 0 Å². The quantitative estimate of drug-likeness (QED) is 0.428. The molecule has 2 fully saturated rings. The van der Waals surface area contributed by atoms with Crippen LogP contribution in [-0.2, 0) is 9.53 Å². The van der Waals surface area contributed by atoms with E-state index in [1.807, 2.05) is 54.3 Å². The molecule has 0 unspecified atom stereocenters. The van der Waals surface area contributed by atoms with E-state index in [-0.39, 0.29) is 18.1 Å². The van der Waals surface area contributed by atoms with Crippen molar-refractivity contribution in [3.8, 4) is 17.1 Å². The normalized spacial score (nSPS) is 20.3. The minimum atomic E-state index is -0.483. The van der Waals surface area contributed by atoms with E-state index < -0.39 is 6.04 Å². The minimum Gasteiger partial charge on any atom is -0.497 e. The number of aromatic nitrogens is 4. The Bertz CT molecular complexity index is 1410. The molecule has 34 heavy (non-hydrogen) atoms. The third kappa shape index (κ3) is 3.48. The maximum absolute atomic E-state index is 13.2. The first-order valence-electron chi connectivity index (χ1n) is 11.2. The van der Waals surface area contributed by atoms with Crippen LogP contribution >= 0.6 is 15.9 Å². The summed E-state index contributed by atoms with van der Waals surface area (Å²) in [6.07, 6.45) is 1.07. The summed E-state index contributed by atoms with van der Waals surface area (Å²) in [6.45, 7) is 3.11. The van der Waals surface area contributed by atoms with E-state index in [1.54, 1.807) is 11.6 Å². The summed E-state index contributed by atoms with van der Waals surface area (Å²) >= 11 is 3.60. The number of anilines is 1. The van der Waals surface area contributed by atoms with Gasteiger partial charge >= 0.3 is 0 Å². The molecule has 2 bridgehead atoms. The molecule has 4 aromatic rings. The standard InChI is InChI=1S/C24H23BrN6O3/c1-13(23(32)30-11-17-10-15(30)12-34-17)26-24-27-20-18(4-3-5-19(20)25)22-28-21(29-31(22)24)14-6-8-16(33-2)9-7-14/h3-9,13,15,17H,10-12H2,1-2H3,(H,26,27)/t13-,15+,17+/m1/s1. The van der Waals surface area contributed by atoms with Crippen LogP contribution in [0.4, 0.5) is 5.95 Å². The molecule has 3 atom stereocenters. The molecule has 0 aliphatic carbocycles. The Morgan fingerprint density at radius 3 is 2.76 bits per heavy atom. The zero-order valence-electron chi connectivity index (χ0n) is 18.7. The molecule has 2 aliphatic heterocycles. The average Bonchev–Trinajstić information content (AvgIpc) is 3.60. The molecular formula is C24H23BrN6O3. The van der Waals surface area contributed by atoms with E-state index in [4.69, 9.17) is 24.5 Å². The van der Waals surface area contributed by atoms with Crippen molar-refractivity contribution in [3.05, 3.63) is 46.9 Å². The predicted octanol–water partition coefficient (Wildman–Crippen LogP) is 3.52. The molecule has 2 aromatic heterocycles. The van der Waals surface area contributed by atoms with Crippen molar-refractivity contribution >= 4 is 44.3 Å². The number of fused-ring (bicyclic) bond motifs is 5. The third-order valence-corrected chi connectivity index (χ3v) is 7.14. The summed E-state index contributed by atoms with van der Waals surface area (Å²) in [5.74, 6) is 1.82. The van der Waals surface area contributed by atoms with Crippen LogP contribution in [0.25, 0.3) is 27.9 Å². The number of morpholine rings is 1. The van der Waals surface area contributed by atoms with Gasteiger partial charge in [0.05, 0.1) is 31.4 Å². The number of methoxy groups -OCH3 is 1. The van der Waals surface area contributed by atoms with Gasteiger partial charge < -0.3 is 19.7 Å². The maximum Gasteiger partial charge on any atom is 0.245 e. The van der Waals surface area contributed by atoms with Gasteiger partial charge in [-0.2, -0.15) is 4.52 Å². The summed E-state index contributed by atoms with van der Waals surface area (Å²) in [5.41, 5.74) is 2.27. The number of nitrogens with zero attached hydrogens (tertiary/aromatic N) is 5. The van der Waals surface area contributed by atoms with E-state index in [9.17, 15) is 4.79 Å². The maximum atomic E-state index is 13.2. The van der Waals surface area contributed by atoms with Crippen molar-refractivity contribution in [2.45, 2.75) is 31.5 Å². The molecular weight excluding hydrogens is 500 g/mol. The number of ether oxygens (including phenoxy) is 2. The van der Waals surface area contributed by atoms with Gasteiger partial charge in [-0.15, -0.1) is 5.10 Å². The topological polar surface area (TPSA) is 93.9 Å². The Morgan fingerprint density at radius 2 is 2.06 bits per heavy atom. The largest absolute Gasteiger partial charge is 0.497 e. The first-order valence-corrected chi connectivity index (χ1v) is 12.0. The molecule has 4 heterocycles. The molecule has 0 saturated carbocycles. The highest BCUT2D eigenvalue weighted by Crippen LogP contribution is 2.31. The fraction of sp³-hybridized carbons (Fsp3) is 0.333. The predicted molar refractivity (Wildman–Crippen MR) is 131 cm³/mol. The molecule has 9 nitrogen and oxygen atoms in total. The summed E-state index contributed by atoms with van der Waals surface area (Å²) in [4.78, 5) is 24.8. The molecule has 2 saturated heterocycles. The first kappa shape index (κ1) is 21.3. The Balaban J connectivity index is 1.41. The molecule has 174 valence electrons. The fourth-order valence-corrected chi connectivity index (χ4v) is 5.18. The lowest BCUT2D eigenvalue weighted by molar-refractivity contribution is -0.136. The van der Waals surface area contributed by atoms with Crippen LogP contribution in [0, 0.1) is 0 Å². The van der Waals surface area contributed by atoms with Crippen LogP contribution in [-0.4, -0.2) is 68.8 Å². The second-order valence-electron chi connectivity index (χ2n) is 8.67. The number of carbonyl (C=O) groups excluding carboxylic acids is 1. The molecule has 0 spiro atoms. The van der Waals surface area contributed by atoms with E-state index in [0.29, 0.717) is 30.6 Å². The van der Waals surface area contributed by atoms with Gasteiger partial charge in [0, 0.05) is 22.0 Å². The van der Waals surface area contributed by atoms with Crippen LogP contribution in [0.5, 0.6) is 5.75 Å². The van der Waals surface area contributed by atoms with Gasteiger partial charge in [-0.3, -0.25) is 4.79 Å². The number of benzene rings is 2. The highest BCUT2D eigenvalue weighted by molar-refractivity contribution is 9.10. The zero-order chi connectivity index (χ0) is 23.4. The van der Waals surface area contributed by atoms with Gasteiger partial charge in [0.25, 0.3) is 0 Å². The third-order valence-electron chi connectivity index (χ3n) is 6.50. The lowest BCUT2D eigenvalue weighted by Crippen LogP contribution is -2.47. The van der Waals surface area contributed by atoms with E-state index in [1.165, 1.54) is 0 Å². The van der Waals surface area contributed by atoms with Gasteiger partial charge in [0.1, 0.15) is 11.8 Å². The number of rotatable bonds is 5. The summed E-state index contributed by atoms with van der Waals surface area (Å²) in [5, 5.41) is 8.91. The number of amides is 1. The SMILES string of the molecule is COc1ccc(-c2nc3c4cccc(Br)c4nc(N[C@H](C)C(=O)N4C[C@@H]5C[C@H]4CO5)n3n2)cc1. The number of likely N-dealkylation sites (tertiary alicyclic amines) is 1. The van der Waals surface area contributed by atoms with Gasteiger partial charge in [0.2, 0.25) is 11.9 Å². The Morgan fingerprint density at radius 1 is 1.24 bits per heavy atom. The van der Waals surface area contributed by atoms with Crippen LogP contribution in [0.2, 0.25) is 0 Å². The highest BCUT2D eigenvalue weighted by Gasteiger charge is 2.42. The molecule has 6 rings (SSSR count). The molecule has 10 heteroatoms. The van der Waals surface area contributed by atoms with Crippen molar-refractivity contribution < 1.29 is 14.3 Å². The second-order valence-corrected chi connectivity index (χ2v) is 9.53. The van der Waals surface area contributed by atoms with Crippen molar-refractivity contribution in [1.82, 2.24) is 24.5 Å². The molecule has 2 aromatic carbocycles. The Hall–Kier alpha value is -3.24. The van der Waals surface area contributed by atoms with Crippen LogP contribution in [0.15, 0.2) is 46.9 Å². The van der Waals surface area contributed by atoms with Crippen molar-refractivity contribution in [3.63, 3.8) is 0 Å². The first-order chi connectivity index (χ1) is 16.5. The number of hydrogen-bond acceptors (Lipinski definition) is 7. The van der Waals surface area contributed by atoms with Gasteiger partial charge in [-0.05, 0) is 65.7 Å². The number of halogens is 1. The van der Waals surface area contributed by atoms with Crippen molar-refractivity contribution in [1.29, 1.82) is 0 Å². The molecule has 1 amide bonds. The van der Waals surface area contributed by atoms with Gasteiger partial charge in [0.15, 0.2) is 11.5 Å². The zero-order valence-corrected chi connectivity index (χ0v) is 20.3. The van der Waals surface area contributed by atoms with E-state index in [0.717, 1.165) is 33.1 Å². The number of nitrogens with one attached hydrogen (secondary N) is 1. The molecule has 0 radical (unpaired) electrons. The molecule has 1 N–H and O–H groups in total. The minimum absolute atomic E-state index is 0.0356. The number of para-hydroxylation sites is 1. The fourth-order valence-electron chi connectivity index (χ4n) is 4.73.